The SMILES string of the molecule is CCOc1cc(C2/C(=C(\O)c3ccc(OC)cc3)C(=O)C(=O)N2c2ccc(C)c(C)c2)ccc1OC. The molecule has 3 aromatic rings. The van der Waals surface area contributed by atoms with Crippen molar-refractivity contribution < 1.29 is 28.9 Å². The number of hydrogen-bond donors (Lipinski definition) is 1. The molecule has 1 heterocycles. The van der Waals surface area contributed by atoms with Crippen LogP contribution in [-0.4, -0.2) is 37.6 Å². The molecule has 0 saturated carbocycles. The van der Waals surface area contributed by atoms with Crippen LogP contribution in [0.15, 0.2) is 66.2 Å². The molecule has 1 amide bonds. The number of Topliss-reactive ketones (excluding diaryl/α,β-unsaturated/α-hetero) is 1. The molecule has 0 spiro atoms. The summed E-state index contributed by atoms with van der Waals surface area (Å²) >= 11 is 0. The molecule has 1 aliphatic rings. The van der Waals surface area contributed by atoms with Crippen LogP contribution < -0.4 is 19.1 Å². The Morgan fingerprint density at radius 1 is 0.889 bits per heavy atom. The maximum Gasteiger partial charge on any atom is 0.300 e. The third-order valence-electron chi connectivity index (χ3n) is 6.38. The molecule has 0 radical (unpaired) electrons. The minimum Gasteiger partial charge on any atom is -0.507 e. The van der Waals surface area contributed by atoms with Crippen LogP contribution in [0.4, 0.5) is 5.69 Å². The first-order valence-corrected chi connectivity index (χ1v) is 11.6. The molecule has 1 atom stereocenters. The molecule has 7 heteroatoms. The molecule has 1 unspecified atom stereocenters. The predicted molar refractivity (Wildman–Crippen MR) is 138 cm³/mol. The fourth-order valence-corrected chi connectivity index (χ4v) is 4.33. The summed E-state index contributed by atoms with van der Waals surface area (Å²) in [6.45, 7) is 6.19. The van der Waals surface area contributed by atoms with Crippen molar-refractivity contribution >= 4 is 23.1 Å². The van der Waals surface area contributed by atoms with E-state index in [1.54, 1.807) is 62.8 Å². The second-order valence-electron chi connectivity index (χ2n) is 8.51. The van der Waals surface area contributed by atoms with Gasteiger partial charge in [0.05, 0.1) is 32.4 Å². The van der Waals surface area contributed by atoms with Gasteiger partial charge in [-0.05, 0) is 86.0 Å². The highest BCUT2D eigenvalue weighted by Gasteiger charge is 2.47. The number of ketones is 1. The van der Waals surface area contributed by atoms with Crippen LogP contribution in [-0.2, 0) is 9.59 Å². The molecule has 1 aliphatic heterocycles. The van der Waals surface area contributed by atoms with Crippen LogP contribution in [0.3, 0.4) is 0 Å². The summed E-state index contributed by atoms with van der Waals surface area (Å²) in [5.74, 6) is -0.129. The first-order valence-electron chi connectivity index (χ1n) is 11.6. The molecular formula is C29H29NO6. The van der Waals surface area contributed by atoms with E-state index in [1.807, 2.05) is 32.9 Å². The monoisotopic (exact) mass is 487 g/mol. The molecule has 186 valence electrons. The third kappa shape index (κ3) is 4.40. The van der Waals surface area contributed by atoms with E-state index in [2.05, 4.69) is 0 Å². The minimum absolute atomic E-state index is 0.00369. The number of rotatable bonds is 7. The van der Waals surface area contributed by atoms with Crippen molar-refractivity contribution in [2.45, 2.75) is 26.8 Å². The summed E-state index contributed by atoms with van der Waals surface area (Å²) in [4.78, 5) is 28.3. The fourth-order valence-electron chi connectivity index (χ4n) is 4.33. The van der Waals surface area contributed by atoms with Gasteiger partial charge < -0.3 is 19.3 Å². The quantitative estimate of drug-likeness (QED) is 0.275. The van der Waals surface area contributed by atoms with E-state index >= 15 is 0 Å². The molecule has 1 fully saturated rings. The number of benzene rings is 3. The fraction of sp³-hybridized carbons (Fsp3) is 0.241. The number of aliphatic hydroxyl groups is 1. The summed E-state index contributed by atoms with van der Waals surface area (Å²) in [6.07, 6.45) is 0. The van der Waals surface area contributed by atoms with Crippen molar-refractivity contribution in [1.82, 2.24) is 0 Å². The summed E-state index contributed by atoms with van der Waals surface area (Å²) in [5.41, 5.74) is 3.61. The largest absolute Gasteiger partial charge is 0.507 e. The Bertz CT molecular complexity index is 1340. The molecule has 3 aromatic carbocycles. The maximum absolute atomic E-state index is 13.4. The second kappa shape index (κ2) is 10.2. The van der Waals surface area contributed by atoms with Crippen LogP contribution in [0.1, 0.15) is 35.2 Å². The second-order valence-corrected chi connectivity index (χ2v) is 8.51. The lowest BCUT2D eigenvalue weighted by Gasteiger charge is -2.26. The van der Waals surface area contributed by atoms with Crippen LogP contribution in [0.25, 0.3) is 5.76 Å². The highest BCUT2D eigenvalue weighted by molar-refractivity contribution is 6.51. The third-order valence-corrected chi connectivity index (χ3v) is 6.38. The van der Waals surface area contributed by atoms with Gasteiger partial charge in [-0.1, -0.05) is 12.1 Å². The number of carbonyl (C=O) groups is 2. The van der Waals surface area contributed by atoms with Crippen LogP contribution >= 0.6 is 0 Å². The van der Waals surface area contributed by atoms with Gasteiger partial charge in [0.25, 0.3) is 11.7 Å². The lowest BCUT2D eigenvalue weighted by Crippen LogP contribution is -2.29. The van der Waals surface area contributed by atoms with E-state index in [0.717, 1.165) is 11.1 Å². The average molecular weight is 488 g/mol. The number of hydrogen-bond acceptors (Lipinski definition) is 6. The maximum atomic E-state index is 13.4. The minimum atomic E-state index is -0.876. The topological polar surface area (TPSA) is 85.3 Å². The number of nitrogens with zero attached hydrogens (tertiary/aromatic N) is 1. The lowest BCUT2D eigenvalue weighted by molar-refractivity contribution is -0.132. The molecule has 1 N–H and O–H groups in total. The highest BCUT2D eigenvalue weighted by Crippen LogP contribution is 2.44. The van der Waals surface area contributed by atoms with Crippen molar-refractivity contribution in [3.63, 3.8) is 0 Å². The van der Waals surface area contributed by atoms with Gasteiger partial charge in [0, 0.05) is 11.3 Å². The zero-order chi connectivity index (χ0) is 26.0. The van der Waals surface area contributed by atoms with Gasteiger partial charge in [0.15, 0.2) is 11.5 Å². The highest BCUT2D eigenvalue weighted by atomic mass is 16.5. The zero-order valence-electron chi connectivity index (χ0n) is 21.0. The van der Waals surface area contributed by atoms with Gasteiger partial charge in [-0.15, -0.1) is 0 Å². The predicted octanol–water partition coefficient (Wildman–Crippen LogP) is 5.35. The zero-order valence-corrected chi connectivity index (χ0v) is 21.0. The van der Waals surface area contributed by atoms with Gasteiger partial charge in [-0.25, -0.2) is 0 Å². The van der Waals surface area contributed by atoms with Crippen molar-refractivity contribution in [2.24, 2.45) is 0 Å². The first kappa shape index (κ1) is 24.9. The summed E-state index contributed by atoms with van der Waals surface area (Å²) < 4.78 is 16.4. The lowest BCUT2D eigenvalue weighted by atomic mass is 9.94. The Hall–Kier alpha value is -4.26. The van der Waals surface area contributed by atoms with Crippen molar-refractivity contribution in [1.29, 1.82) is 0 Å². The number of methoxy groups -OCH3 is 2. The molecule has 0 aliphatic carbocycles. The van der Waals surface area contributed by atoms with Gasteiger partial charge in [0.2, 0.25) is 0 Å². The van der Waals surface area contributed by atoms with Crippen molar-refractivity contribution in [3.8, 4) is 17.2 Å². The van der Waals surface area contributed by atoms with Crippen molar-refractivity contribution in [2.75, 3.05) is 25.7 Å². The number of anilines is 1. The van der Waals surface area contributed by atoms with E-state index in [-0.39, 0.29) is 11.3 Å². The van der Waals surface area contributed by atoms with Gasteiger partial charge in [-0.2, -0.15) is 0 Å². The Labute approximate surface area is 210 Å². The molecule has 36 heavy (non-hydrogen) atoms. The molecule has 0 bridgehead atoms. The summed E-state index contributed by atoms with van der Waals surface area (Å²) in [5, 5.41) is 11.3. The van der Waals surface area contributed by atoms with Crippen LogP contribution in [0, 0.1) is 13.8 Å². The number of amides is 1. The Kier molecular flexibility index (Phi) is 7.01. The number of aliphatic hydroxyl groups excluding tert-OH is 1. The van der Waals surface area contributed by atoms with E-state index in [0.29, 0.717) is 40.7 Å². The Morgan fingerprint density at radius 3 is 2.22 bits per heavy atom. The smallest absolute Gasteiger partial charge is 0.300 e. The van der Waals surface area contributed by atoms with Gasteiger partial charge >= 0.3 is 0 Å². The molecule has 7 nitrogen and oxygen atoms in total. The number of ether oxygens (including phenoxy) is 3. The Morgan fingerprint density at radius 2 is 1.61 bits per heavy atom. The molecule has 1 saturated heterocycles. The van der Waals surface area contributed by atoms with Crippen molar-refractivity contribution in [3.05, 3.63) is 88.5 Å². The van der Waals surface area contributed by atoms with Gasteiger partial charge in [0.1, 0.15) is 11.5 Å². The molecular weight excluding hydrogens is 458 g/mol. The number of aryl methyl sites for hydroxylation is 2. The Balaban J connectivity index is 1.95. The van der Waals surface area contributed by atoms with E-state index < -0.39 is 17.7 Å². The van der Waals surface area contributed by atoms with E-state index in [4.69, 9.17) is 14.2 Å². The summed E-state index contributed by atoms with van der Waals surface area (Å²) in [7, 11) is 3.09. The average Bonchev–Trinajstić information content (AvgIpc) is 3.15. The molecule has 0 aromatic heterocycles. The number of carbonyl (C=O) groups excluding carboxylic acids is 2. The standard InChI is InChI=1S/C29H29NO6/c1-6-36-24-16-20(10-14-23(24)35-5)26-25(27(31)19-8-12-22(34-4)13-9-19)28(32)29(33)30(26)21-11-7-17(2)18(3)15-21/h7-16,26,31H,6H2,1-5H3/b27-25+. The van der Waals surface area contributed by atoms with Crippen LogP contribution in [0.5, 0.6) is 17.2 Å². The van der Waals surface area contributed by atoms with E-state index in [9.17, 15) is 14.7 Å². The normalized spacial score (nSPS) is 16.8. The van der Waals surface area contributed by atoms with E-state index in [1.165, 1.54) is 4.90 Å². The van der Waals surface area contributed by atoms with Crippen LogP contribution in [0.2, 0.25) is 0 Å². The van der Waals surface area contributed by atoms with Gasteiger partial charge in [-0.3, -0.25) is 14.5 Å². The first-order chi connectivity index (χ1) is 17.3. The molecule has 4 rings (SSSR count). The summed E-state index contributed by atoms with van der Waals surface area (Å²) in [6, 6.07) is 16.6.